The van der Waals surface area contributed by atoms with Crippen LogP contribution in [0.4, 0.5) is 0 Å². The number of phenolic OH excluding ortho intramolecular Hbond substituents is 1. The number of halogens is 1. The number of rotatable bonds is 6. The molecule has 2 N–H and O–H groups in total. The Kier molecular flexibility index (Phi) is 6.19. The number of benzene rings is 3. The van der Waals surface area contributed by atoms with E-state index in [1.165, 1.54) is 30.2 Å². The van der Waals surface area contributed by atoms with Gasteiger partial charge in [0, 0.05) is 17.0 Å². The van der Waals surface area contributed by atoms with Crippen LogP contribution in [0.25, 0.3) is 11.0 Å². The molecule has 1 aliphatic rings. The first kappa shape index (κ1) is 24.1. The summed E-state index contributed by atoms with van der Waals surface area (Å²) in [6, 6.07) is 17.9. The summed E-state index contributed by atoms with van der Waals surface area (Å²) in [6.07, 6.45) is 0. The molecule has 186 valence electrons. The van der Waals surface area contributed by atoms with E-state index in [-0.39, 0.29) is 23.6 Å². The number of amides is 1. The Hall–Kier alpha value is -4.56. The van der Waals surface area contributed by atoms with Crippen LogP contribution >= 0.6 is 11.6 Å². The van der Waals surface area contributed by atoms with Gasteiger partial charge in [-0.15, -0.1) is 0 Å². The number of aliphatic hydroxyl groups excluding tert-OH is 1. The van der Waals surface area contributed by atoms with E-state index < -0.39 is 29.5 Å². The fraction of sp³-hybridized carbons (Fsp3) is 0.107. The molecule has 37 heavy (non-hydrogen) atoms. The van der Waals surface area contributed by atoms with Crippen molar-refractivity contribution in [2.45, 2.75) is 12.6 Å². The molecule has 0 aliphatic carbocycles. The Balaban J connectivity index is 1.55. The van der Waals surface area contributed by atoms with Crippen LogP contribution in [0.1, 0.15) is 38.1 Å². The molecule has 0 radical (unpaired) electrons. The predicted octanol–water partition coefficient (Wildman–Crippen LogP) is 5.36. The highest BCUT2D eigenvalue weighted by Crippen LogP contribution is 2.41. The van der Waals surface area contributed by atoms with Gasteiger partial charge in [0.25, 0.3) is 5.91 Å². The molecule has 1 unspecified atom stereocenters. The molecule has 1 aliphatic heterocycles. The molecule has 0 spiro atoms. The van der Waals surface area contributed by atoms with Gasteiger partial charge < -0.3 is 24.3 Å². The van der Waals surface area contributed by atoms with Crippen molar-refractivity contribution >= 4 is 40.2 Å². The quantitative estimate of drug-likeness (QED) is 0.261. The number of carbonyl (C=O) groups is 3. The maximum atomic E-state index is 13.6. The number of carbonyl (C=O) groups excluding carboxylic acids is 3. The monoisotopic (exact) mass is 517 g/mol. The highest BCUT2D eigenvalue weighted by molar-refractivity contribution is 6.31. The van der Waals surface area contributed by atoms with E-state index >= 15 is 0 Å². The Bertz CT molecular complexity index is 1590. The van der Waals surface area contributed by atoms with Crippen molar-refractivity contribution in [2.75, 3.05) is 7.11 Å². The summed E-state index contributed by atoms with van der Waals surface area (Å²) in [5.74, 6) is -2.77. The maximum absolute atomic E-state index is 13.6. The lowest BCUT2D eigenvalue weighted by atomic mass is 9.94. The topological polar surface area (TPSA) is 117 Å². The first-order chi connectivity index (χ1) is 17.8. The summed E-state index contributed by atoms with van der Waals surface area (Å²) < 4.78 is 10.4. The minimum atomic E-state index is -1.01. The lowest BCUT2D eigenvalue weighted by Gasteiger charge is -2.27. The summed E-state index contributed by atoms with van der Waals surface area (Å²) in [5.41, 5.74) is 1.66. The van der Waals surface area contributed by atoms with E-state index in [9.17, 15) is 24.6 Å². The largest absolute Gasteiger partial charge is 0.508 e. The molecule has 1 aromatic heterocycles. The van der Waals surface area contributed by atoms with Crippen LogP contribution < -0.4 is 0 Å². The van der Waals surface area contributed by atoms with E-state index in [1.807, 2.05) is 0 Å². The van der Waals surface area contributed by atoms with Crippen LogP contribution in [-0.2, 0) is 16.1 Å². The second kappa shape index (κ2) is 9.48. The summed E-state index contributed by atoms with van der Waals surface area (Å²) in [5, 5.41) is 22.1. The van der Waals surface area contributed by atoms with Crippen molar-refractivity contribution in [1.29, 1.82) is 0 Å². The number of fused-ring (bicyclic) bond motifs is 1. The molecular formula is C28H20ClNO7. The maximum Gasteiger partial charge on any atom is 0.337 e. The first-order valence-corrected chi connectivity index (χ1v) is 11.6. The van der Waals surface area contributed by atoms with Crippen LogP contribution in [-0.4, -0.2) is 39.9 Å². The normalized spacial score (nSPS) is 15.5. The SMILES string of the molecule is COC(=O)c1ccc(CN2C(=O)C(O)=C(C(=O)c3cc4cc(Cl)ccc4o3)C2c2cccc(O)c2)cc1. The van der Waals surface area contributed by atoms with Gasteiger partial charge in [0.2, 0.25) is 5.78 Å². The average Bonchev–Trinajstić information content (AvgIpc) is 3.42. The number of esters is 1. The molecule has 0 saturated heterocycles. The Morgan fingerprint density at radius 1 is 1.03 bits per heavy atom. The molecule has 3 aromatic carbocycles. The zero-order valence-corrected chi connectivity index (χ0v) is 20.2. The highest BCUT2D eigenvalue weighted by atomic mass is 35.5. The van der Waals surface area contributed by atoms with Crippen molar-refractivity contribution in [3.63, 3.8) is 0 Å². The summed E-state index contributed by atoms with van der Waals surface area (Å²) in [7, 11) is 1.28. The Morgan fingerprint density at radius 2 is 1.78 bits per heavy atom. The third-order valence-corrected chi connectivity index (χ3v) is 6.40. The van der Waals surface area contributed by atoms with Gasteiger partial charge in [-0.05, 0) is 59.7 Å². The molecule has 4 aromatic rings. The van der Waals surface area contributed by atoms with Crippen LogP contribution in [0.5, 0.6) is 5.75 Å². The van der Waals surface area contributed by atoms with Gasteiger partial charge in [-0.3, -0.25) is 9.59 Å². The predicted molar refractivity (Wildman–Crippen MR) is 134 cm³/mol. The highest BCUT2D eigenvalue weighted by Gasteiger charge is 2.44. The lowest BCUT2D eigenvalue weighted by Crippen LogP contribution is -2.30. The van der Waals surface area contributed by atoms with Crippen molar-refractivity contribution in [1.82, 2.24) is 4.90 Å². The van der Waals surface area contributed by atoms with E-state index in [1.54, 1.807) is 54.6 Å². The van der Waals surface area contributed by atoms with Crippen molar-refractivity contribution < 1.29 is 33.8 Å². The van der Waals surface area contributed by atoms with Gasteiger partial charge >= 0.3 is 5.97 Å². The number of nitrogens with zero attached hydrogens (tertiary/aromatic N) is 1. The average molecular weight is 518 g/mol. The number of aliphatic hydroxyl groups is 1. The molecule has 1 amide bonds. The zero-order valence-electron chi connectivity index (χ0n) is 19.5. The van der Waals surface area contributed by atoms with E-state index in [2.05, 4.69) is 0 Å². The minimum Gasteiger partial charge on any atom is -0.508 e. The standard InChI is InChI=1S/C28H20ClNO7/c1-36-28(35)16-7-5-15(6-8-16)14-30-24(17-3-2-4-20(31)12-17)23(26(33)27(30)34)25(32)22-13-18-11-19(29)9-10-21(18)37-22/h2-13,24,31,33H,14H2,1H3. The van der Waals surface area contributed by atoms with Crippen molar-refractivity contribution in [3.05, 3.63) is 112 Å². The molecule has 8 nitrogen and oxygen atoms in total. The summed E-state index contributed by atoms with van der Waals surface area (Å²) in [6.45, 7) is 0.0111. The molecular weight excluding hydrogens is 498 g/mol. The minimum absolute atomic E-state index is 0.0111. The molecule has 0 bridgehead atoms. The summed E-state index contributed by atoms with van der Waals surface area (Å²) >= 11 is 6.05. The molecule has 0 saturated carbocycles. The second-order valence-electron chi connectivity index (χ2n) is 8.50. The Morgan fingerprint density at radius 3 is 2.49 bits per heavy atom. The number of ketones is 1. The fourth-order valence-electron chi connectivity index (χ4n) is 4.41. The van der Waals surface area contributed by atoms with Gasteiger partial charge in [0.1, 0.15) is 11.3 Å². The van der Waals surface area contributed by atoms with E-state index in [0.29, 0.717) is 32.7 Å². The number of hydrogen-bond acceptors (Lipinski definition) is 7. The number of aromatic hydroxyl groups is 1. The molecule has 0 fully saturated rings. The number of Topliss-reactive ketones (excluding diaryl/α,β-unsaturated/α-hetero) is 1. The third-order valence-electron chi connectivity index (χ3n) is 6.16. The van der Waals surface area contributed by atoms with Gasteiger partial charge in [0.15, 0.2) is 11.5 Å². The number of methoxy groups -OCH3 is 1. The Labute approximate surface area is 215 Å². The van der Waals surface area contributed by atoms with Crippen LogP contribution in [0, 0.1) is 0 Å². The van der Waals surface area contributed by atoms with Crippen LogP contribution in [0.3, 0.4) is 0 Å². The van der Waals surface area contributed by atoms with E-state index in [0.717, 1.165) is 0 Å². The molecule has 1 atom stereocenters. The van der Waals surface area contributed by atoms with Gasteiger partial charge in [-0.25, -0.2) is 4.79 Å². The number of hydrogen-bond donors (Lipinski definition) is 2. The smallest absolute Gasteiger partial charge is 0.337 e. The first-order valence-electron chi connectivity index (χ1n) is 11.2. The zero-order chi connectivity index (χ0) is 26.3. The van der Waals surface area contributed by atoms with Crippen LogP contribution in [0.2, 0.25) is 5.02 Å². The van der Waals surface area contributed by atoms with Crippen molar-refractivity contribution in [3.8, 4) is 5.75 Å². The third kappa shape index (κ3) is 4.43. The van der Waals surface area contributed by atoms with E-state index in [4.69, 9.17) is 20.8 Å². The molecule has 9 heteroatoms. The number of furan rings is 1. The number of ether oxygens (including phenoxy) is 1. The van der Waals surface area contributed by atoms with Crippen LogP contribution in [0.15, 0.2) is 88.5 Å². The lowest BCUT2D eigenvalue weighted by molar-refractivity contribution is -0.130. The van der Waals surface area contributed by atoms with Crippen molar-refractivity contribution in [2.24, 2.45) is 0 Å². The number of phenols is 1. The van der Waals surface area contributed by atoms with Gasteiger partial charge in [0.05, 0.1) is 24.3 Å². The second-order valence-corrected chi connectivity index (χ2v) is 8.94. The van der Waals surface area contributed by atoms with Gasteiger partial charge in [-0.1, -0.05) is 35.9 Å². The summed E-state index contributed by atoms with van der Waals surface area (Å²) in [4.78, 5) is 40.0. The molecule has 2 heterocycles. The molecule has 5 rings (SSSR count). The van der Waals surface area contributed by atoms with Gasteiger partial charge in [-0.2, -0.15) is 0 Å². The fourth-order valence-corrected chi connectivity index (χ4v) is 4.59.